The van der Waals surface area contributed by atoms with Gasteiger partial charge in [0, 0.05) is 31.5 Å². The van der Waals surface area contributed by atoms with Gasteiger partial charge in [-0.05, 0) is 41.3 Å². The Hall–Kier alpha value is -1.96. The maximum Gasteiger partial charge on any atom is 0.0457 e. The minimum absolute atomic E-state index is 0.998. The molecule has 0 saturated heterocycles. The molecule has 1 N–H and O–H groups in total. The second-order valence-corrected chi connectivity index (χ2v) is 5.07. The molecule has 0 unspecified atom stereocenters. The summed E-state index contributed by atoms with van der Waals surface area (Å²) in [5.74, 6) is 0. The number of hydrogen-bond acceptors (Lipinski definition) is 2. The molecule has 0 saturated carbocycles. The lowest BCUT2D eigenvalue weighted by atomic mass is 10.1. The summed E-state index contributed by atoms with van der Waals surface area (Å²) >= 11 is 0. The van der Waals surface area contributed by atoms with E-state index in [2.05, 4.69) is 59.6 Å². The van der Waals surface area contributed by atoms with Crippen LogP contribution in [0.1, 0.15) is 23.6 Å². The van der Waals surface area contributed by atoms with Crippen LogP contribution in [0.5, 0.6) is 0 Å². The van der Waals surface area contributed by atoms with Crippen molar-refractivity contribution in [3.63, 3.8) is 0 Å². The molecule has 0 aliphatic carbocycles. The molecule has 0 radical (unpaired) electrons. The van der Waals surface area contributed by atoms with Crippen LogP contribution in [0.25, 0.3) is 0 Å². The molecule has 98 valence electrons. The highest BCUT2D eigenvalue weighted by Gasteiger charge is 2.21. The molecular weight excluding hydrogens is 232 g/mol. The molecule has 1 heterocycles. The lowest BCUT2D eigenvalue weighted by Crippen LogP contribution is -2.14. The first-order valence-electron chi connectivity index (χ1n) is 6.94. The molecule has 1 aliphatic heterocycles. The first-order valence-corrected chi connectivity index (χ1v) is 6.94. The largest absolute Gasteiger partial charge is 0.388 e. The molecule has 0 spiro atoms. The predicted octanol–water partition coefficient (Wildman–Crippen LogP) is 3.81. The van der Waals surface area contributed by atoms with Gasteiger partial charge in [0.05, 0.1) is 0 Å². The molecule has 1 aliphatic rings. The maximum absolute atomic E-state index is 3.29. The van der Waals surface area contributed by atoms with E-state index in [4.69, 9.17) is 0 Å². The molecule has 0 aromatic heterocycles. The van der Waals surface area contributed by atoms with Crippen LogP contribution in [0.15, 0.2) is 42.5 Å². The van der Waals surface area contributed by atoms with Gasteiger partial charge in [-0.15, -0.1) is 0 Å². The fourth-order valence-corrected chi connectivity index (χ4v) is 2.78. The summed E-state index contributed by atoms with van der Waals surface area (Å²) in [6.07, 6.45) is 1.10. The van der Waals surface area contributed by atoms with Crippen molar-refractivity contribution in [2.75, 3.05) is 17.3 Å². The Morgan fingerprint density at radius 1 is 1.05 bits per heavy atom. The van der Waals surface area contributed by atoms with E-state index in [-0.39, 0.29) is 0 Å². The Labute approximate surface area is 115 Å². The number of hydrogen-bond donors (Lipinski definition) is 1. The Bertz CT molecular complexity index is 572. The number of nitrogens with one attached hydrogen (secondary N) is 1. The summed E-state index contributed by atoms with van der Waals surface area (Å²) in [7, 11) is 1.99. The Morgan fingerprint density at radius 3 is 2.53 bits per heavy atom. The van der Waals surface area contributed by atoms with Crippen LogP contribution < -0.4 is 10.2 Å². The monoisotopic (exact) mass is 252 g/mol. The quantitative estimate of drug-likeness (QED) is 0.893. The minimum atomic E-state index is 0.998. The first-order chi connectivity index (χ1) is 9.31. The fraction of sp³-hybridized carbons (Fsp3) is 0.294. The van der Waals surface area contributed by atoms with Gasteiger partial charge >= 0.3 is 0 Å². The number of aryl methyl sites for hydroxylation is 1. The Kier molecular flexibility index (Phi) is 3.16. The van der Waals surface area contributed by atoms with Crippen molar-refractivity contribution < 1.29 is 0 Å². The standard InChI is InChI=1S/C17H20N2/c1-3-13-7-9-15(10-8-13)19-11-14-5-4-6-17(18-2)16(14)12-19/h4-10,18H,3,11-12H2,1-2H3. The predicted molar refractivity (Wildman–Crippen MR) is 81.7 cm³/mol. The lowest BCUT2D eigenvalue weighted by molar-refractivity contribution is 0.880. The van der Waals surface area contributed by atoms with E-state index in [1.807, 2.05) is 7.05 Å². The zero-order chi connectivity index (χ0) is 13.2. The third-order valence-electron chi connectivity index (χ3n) is 3.96. The van der Waals surface area contributed by atoms with Gasteiger partial charge in [-0.1, -0.05) is 31.2 Å². The van der Waals surface area contributed by atoms with E-state index in [1.54, 1.807) is 0 Å². The van der Waals surface area contributed by atoms with E-state index >= 15 is 0 Å². The smallest absolute Gasteiger partial charge is 0.0457 e. The molecule has 0 bridgehead atoms. The van der Waals surface area contributed by atoms with Crippen LogP contribution in [-0.4, -0.2) is 7.05 Å². The minimum Gasteiger partial charge on any atom is -0.388 e. The van der Waals surface area contributed by atoms with Gasteiger partial charge in [0.15, 0.2) is 0 Å². The van der Waals surface area contributed by atoms with Crippen LogP contribution in [-0.2, 0) is 19.5 Å². The van der Waals surface area contributed by atoms with Gasteiger partial charge in [-0.3, -0.25) is 0 Å². The average Bonchev–Trinajstić information content (AvgIpc) is 2.91. The summed E-state index contributed by atoms with van der Waals surface area (Å²) < 4.78 is 0. The summed E-state index contributed by atoms with van der Waals surface area (Å²) in [5, 5.41) is 3.29. The number of rotatable bonds is 3. The van der Waals surface area contributed by atoms with Crippen molar-refractivity contribution in [2.45, 2.75) is 26.4 Å². The Balaban J connectivity index is 1.86. The zero-order valence-electron chi connectivity index (χ0n) is 11.6. The number of benzene rings is 2. The van der Waals surface area contributed by atoms with Crippen molar-refractivity contribution in [3.8, 4) is 0 Å². The molecule has 0 fully saturated rings. The van der Waals surface area contributed by atoms with Crippen LogP contribution in [0.4, 0.5) is 11.4 Å². The van der Waals surface area contributed by atoms with Gasteiger partial charge in [0.2, 0.25) is 0 Å². The highest BCUT2D eigenvalue weighted by atomic mass is 15.1. The topological polar surface area (TPSA) is 15.3 Å². The molecule has 2 heteroatoms. The second kappa shape index (κ2) is 4.96. The normalized spacial score (nSPS) is 13.5. The van der Waals surface area contributed by atoms with Crippen LogP contribution in [0.2, 0.25) is 0 Å². The third-order valence-corrected chi connectivity index (χ3v) is 3.96. The molecule has 2 aromatic rings. The van der Waals surface area contributed by atoms with E-state index < -0.39 is 0 Å². The van der Waals surface area contributed by atoms with Crippen molar-refractivity contribution in [1.82, 2.24) is 0 Å². The molecule has 19 heavy (non-hydrogen) atoms. The maximum atomic E-state index is 3.29. The SMILES string of the molecule is CCc1ccc(N2Cc3cccc(NC)c3C2)cc1. The number of anilines is 2. The first kappa shape index (κ1) is 12.1. The highest BCUT2D eigenvalue weighted by Crippen LogP contribution is 2.32. The summed E-state index contributed by atoms with van der Waals surface area (Å²) in [4.78, 5) is 2.44. The van der Waals surface area contributed by atoms with Crippen molar-refractivity contribution in [3.05, 3.63) is 59.2 Å². The van der Waals surface area contributed by atoms with Gasteiger partial charge in [0.25, 0.3) is 0 Å². The highest BCUT2D eigenvalue weighted by molar-refractivity contribution is 5.61. The van der Waals surface area contributed by atoms with Gasteiger partial charge in [-0.25, -0.2) is 0 Å². The summed E-state index contributed by atoms with van der Waals surface area (Å²) in [6, 6.07) is 15.5. The van der Waals surface area contributed by atoms with E-state index in [0.29, 0.717) is 0 Å². The zero-order valence-corrected chi connectivity index (χ0v) is 11.6. The Morgan fingerprint density at radius 2 is 1.84 bits per heavy atom. The number of fused-ring (bicyclic) bond motifs is 1. The van der Waals surface area contributed by atoms with Gasteiger partial charge in [-0.2, -0.15) is 0 Å². The average molecular weight is 252 g/mol. The summed E-state index contributed by atoms with van der Waals surface area (Å²) in [5.41, 5.74) is 6.84. The molecule has 3 rings (SSSR count). The summed E-state index contributed by atoms with van der Waals surface area (Å²) in [6.45, 7) is 4.20. The van der Waals surface area contributed by atoms with Gasteiger partial charge < -0.3 is 10.2 Å². The fourth-order valence-electron chi connectivity index (χ4n) is 2.78. The molecule has 2 nitrogen and oxygen atoms in total. The van der Waals surface area contributed by atoms with Crippen molar-refractivity contribution in [1.29, 1.82) is 0 Å². The lowest BCUT2D eigenvalue weighted by Gasteiger charge is -2.18. The van der Waals surface area contributed by atoms with Crippen LogP contribution in [0.3, 0.4) is 0 Å². The molecule has 0 atom stereocenters. The molecule has 2 aromatic carbocycles. The number of nitrogens with zero attached hydrogens (tertiary/aromatic N) is 1. The van der Waals surface area contributed by atoms with Gasteiger partial charge in [0.1, 0.15) is 0 Å². The van der Waals surface area contributed by atoms with Crippen molar-refractivity contribution in [2.24, 2.45) is 0 Å². The van der Waals surface area contributed by atoms with E-state index in [1.165, 1.54) is 28.1 Å². The van der Waals surface area contributed by atoms with Crippen LogP contribution in [0, 0.1) is 0 Å². The third kappa shape index (κ3) is 2.19. The molecular formula is C17H20N2. The second-order valence-electron chi connectivity index (χ2n) is 5.07. The van der Waals surface area contributed by atoms with Crippen LogP contribution >= 0.6 is 0 Å². The van der Waals surface area contributed by atoms with E-state index in [0.717, 1.165) is 19.5 Å². The molecule has 0 amide bonds. The van der Waals surface area contributed by atoms with E-state index in [9.17, 15) is 0 Å². The van der Waals surface area contributed by atoms with Crippen molar-refractivity contribution >= 4 is 11.4 Å².